The normalized spacial score (nSPS) is 11.1. The number of hydrogen-bond donors (Lipinski definition) is 1. The number of fused-ring (bicyclic) bond motifs is 1. The molecular formula is C16H19N5O2. The first-order valence-corrected chi connectivity index (χ1v) is 7.51. The van der Waals surface area contributed by atoms with E-state index in [0.717, 1.165) is 22.5 Å². The van der Waals surface area contributed by atoms with E-state index < -0.39 is 0 Å². The molecule has 0 saturated carbocycles. The first-order valence-electron chi connectivity index (χ1n) is 7.51. The summed E-state index contributed by atoms with van der Waals surface area (Å²) >= 11 is 0. The Hall–Kier alpha value is -2.70. The Morgan fingerprint density at radius 2 is 2.04 bits per heavy atom. The van der Waals surface area contributed by atoms with Crippen molar-refractivity contribution in [2.75, 3.05) is 0 Å². The summed E-state index contributed by atoms with van der Waals surface area (Å²) in [5, 5.41) is 14.8. The standard InChI is InChI=1S/C16H19N5O2/c1-10-13(11(2)21(3)18-10)5-7-16(22)17-9-12-4-6-14-15(8-12)20-23-19-14/h4,6,8H,5,7,9H2,1-3H3,(H,17,22). The Morgan fingerprint density at radius 3 is 2.78 bits per heavy atom. The van der Waals surface area contributed by atoms with Crippen LogP contribution in [0.2, 0.25) is 0 Å². The van der Waals surface area contributed by atoms with Crippen LogP contribution < -0.4 is 5.32 Å². The van der Waals surface area contributed by atoms with E-state index in [2.05, 4.69) is 25.4 Å². The maximum atomic E-state index is 12.0. The zero-order valence-corrected chi connectivity index (χ0v) is 13.5. The van der Waals surface area contributed by atoms with Crippen LogP contribution in [0, 0.1) is 13.8 Å². The number of carbonyl (C=O) groups is 1. The van der Waals surface area contributed by atoms with Crippen molar-refractivity contribution in [3.05, 3.63) is 40.7 Å². The van der Waals surface area contributed by atoms with E-state index in [9.17, 15) is 4.79 Å². The van der Waals surface area contributed by atoms with Gasteiger partial charge in [0, 0.05) is 25.7 Å². The van der Waals surface area contributed by atoms with Gasteiger partial charge in [-0.3, -0.25) is 9.48 Å². The van der Waals surface area contributed by atoms with Crippen molar-refractivity contribution in [3.8, 4) is 0 Å². The fourth-order valence-electron chi connectivity index (χ4n) is 2.64. The van der Waals surface area contributed by atoms with Crippen molar-refractivity contribution in [3.63, 3.8) is 0 Å². The van der Waals surface area contributed by atoms with Gasteiger partial charge in [-0.05, 0) is 53.8 Å². The van der Waals surface area contributed by atoms with Crippen molar-refractivity contribution in [1.82, 2.24) is 25.4 Å². The SMILES string of the molecule is Cc1nn(C)c(C)c1CCC(=O)NCc1ccc2nonc2c1. The Labute approximate surface area is 133 Å². The average molecular weight is 313 g/mol. The minimum atomic E-state index is 0.0195. The van der Waals surface area contributed by atoms with Gasteiger partial charge >= 0.3 is 0 Å². The summed E-state index contributed by atoms with van der Waals surface area (Å²) in [5.41, 5.74) is 5.62. The van der Waals surface area contributed by atoms with E-state index in [-0.39, 0.29) is 5.91 Å². The van der Waals surface area contributed by atoms with Gasteiger partial charge in [-0.15, -0.1) is 0 Å². The number of nitrogens with one attached hydrogen (secondary N) is 1. The molecule has 1 amide bonds. The summed E-state index contributed by atoms with van der Waals surface area (Å²) in [4.78, 5) is 12.0. The highest BCUT2D eigenvalue weighted by Crippen LogP contribution is 2.14. The van der Waals surface area contributed by atoms with Crippen LogP contribution in [0.25, 0.3) is 11.0 Å². The lowest BCUT2D eigenvalue weighted by Gasteiger charge is -2.06. The van der Waals surface area contributed by atoms with Crippen LogP contribution in [-0.2, 0) is 24.8 Å². The number of aromatic nitrogens is 4. The van der Waals surface area contributed by atoms with Gasteiger partial charge in [0.2, 0.25) is 5.91 Å². The Bertz CT molecular complexity index is 849. The van der Waals surface area contributed by atoms with Crippen LogP contribution in [0.15, 0.2) is 22.8 Å². The minimum Gasteiger partial charge on any atom is -0.352 e. The van der Waals surface area contributed by atoms with Crippen molar-refractivity contribution < 1.29 is 9.42 Å². The largest absolute Gasteiger partial charge is 0.352 e. The van der Waals surface area contributed by atoms with Crippen LogP contribution in [0.4, 0.5) is 0 Å². The molecule has 0 spiro atoms. The smallest absolute Gasteiger partial charge is 0.220 e. The molecule has 0 aliphatic heterocycles. The highest BCUT2D eigenvalue weighted by atomic mass is 16.6. The monoisotopic (exact) mass is 313 g/mol. The summed E-state index contributed by atoms with van der Waals surface area (Å²) < 4.78 is 6.51. The van der Waals surface area contributed by atoms with Gasteiger partial charge in [0.05, 0.1) is 5.69 Å². The Morgan fingerprint density at radius 1 is 1.26 bits per heavy atom. The molecule has 0 atom stereocenters. The third kappa shape index (κ3) is 3.23. The van der Waals surface area contributed by atoms with Gasteiger partial charge in [0.25, 0.3) is 0 Å². The number of rotatable bonds is 5. The quantitative estimate of drug-likeness (QED) is 0.776. The van der Waals surface area contributed by atoms with Crippen LogP contribution in [-0.4, -0.2) is 26.0 Å². The molecule has 23 heavy (non-hydrogen) atoms. The lowest BCUT2D eigenvalue weighted by Crippen LogP contribution is -2.23. The molecule has 7 nitrogen and oxygen atoms in total. The van der Waals surface area contributed by atoms with Gasteiger partial charge in [-0.25, -0.2) is 4.63 Å². The molecular weight excluding hydrogens is 294 g/mol. The fourth-order valence-corrected chi connectivity index (χ4v) is 2.64. The summed E-state index contributed by atoms with van der Waals surface area (Å²) in [7, 11) is 1.92. The Kier molecular flexibility index (Phi) is 4.10. The third-order valence-corrected chi connectivity index (χ3v) is 4.07. The fraction of sp³-hybridized carbons (Fsp3) is 0.375. The number of benzene rings is 1. The highest BCUT2D eigenvalue weighted by Gasteiger charge is 2.11. The van der Waals surface area contributed by atoms with Crippen LogP contribution in [0.3, 0.4) is 0 Å². The predicted molar refractivity (Wildman–Crippen MR) is 84.7 cm³/mol. The van der Waals surface area contributed by atoms with E-state index in [1.807, 2.05) is 43.8 Å². The minimum absolute atomic E-state index is 0.0195. The van der Waals surface area contributed by atoms with E-state index in [4.69, 9.17) is 0 Å². The first kappa shape index (κ1) is 15.2. The summed E-state index contributed by atoms with van der Waals surface area (Å²) in [6, 6.07) is 5.60. The number of nitrogens with zero attached hydrogens (tertiary/aromatic N) is 4. The second kappa shape index (κ2) is 6.20. The summed E-state index contributed by atoms with van der Waals surface area (Å²) in [5.74, 6) is 0.0195. The van der Waals surface area contributed by atoms with Crippen LogP contribution in [0.1, 0.15) is 28.9 Å². The summed E-state index contributed by atoms with van der Waals surface area (Å²) in [6.07, 6.45) is 1.14. The first-order chi connectivity index (χ1) is 11.0. The van der Waals surface area contributed by atoms with Crippen molar-refractivity contribution >= 4 is 16.9 Å². The number of amides is 1. The Balaban J connectivity index is 1.55. The molecule has 0 unspecified atom stereocenters. The molecule has 0 aliphatic carbocycles. The second-order valence-corrected chi connectivity index (χ2v) is 5.64. The average Bonchev–Trinajstić information content (AvgIpc) is 3.08. The molecule has 3 rings (SSSR count). The van der Waals surface area contributed by atoms with Crippen molar-refractivity contribution in [2.45, 2.75) is 33.2 Å². The number of carbonyl (C=O) groups excluding carboxylic acids is 1. The molecule has 120 valence electrons. The lowest BCUT2D eigenvalue weighted by molar-refractivity contribution is -0.121. The van der Waals surface area contributed by atoms with Crippen LogP contribution in [0.5, 0.6) is 0 Å². The topological polar surface area (TPSA) is 85.8 Å². The highest BCUT2D eigenvalue weighted by molar-refractivity contribution is 5.77. The maximum Gasteiger partial charge on any atom is 0.220 e. The third-order valence-electron chi connectivity index (χ3n) is 4.07. The predicted octanol–water partition coefficient (Wildman–Crippen LogP) is 1.82. The molecule has 1 aromatic carbocycles. The molecule has 2 heterocycles. The van der Waals surface area contributed by atoms with Gasteiger partial charge in [-0.1, -0.05) is 6.07 Å². The van der Waals surface area contributed by atoms with Gasteiger partial charge in [-0.2, -0.15) is 5.10 Å². The lowest BCUT2D eigenvalue weighted by atomic mass is 10.1. The van der Waals surface area contributed by atoms with Gasteiger partial charge in [0.15, 0.2) is 0 Å². The van der Waals surface area contributed by atoms with Gasteiger partial charge in [0.1, 0.15) is 11.0 Å². The molecule has 7 heteroatoms. The molecule has 0 aliphatic rings. The summed E-state index contributed by atoms with van der Waals surface area (Å²) in [6.45, 7) is 4.46. The molecule has 2 aromatic heterocycles. The zero-order chi connectivity index (χ0) is 16.4. The van der Waals surface area contributed by atoms with E-state index in [1.165, 1.54) is 0 Å². The molecule has 0 fully saturated rings. The molecule has 3 aromatic rings. The zero-order valence-electron chi connectivity index (χ0n) is 13.5. The van der Waals surface area contributed by atoms with Crippen molar-refractivity contribution in [1.29, 1.82) is 0 Å². The van der Waals surface area contributed by atoms with E-state index >= 15 is 0 Å². The van der Waals surface area contributed by atoms with Gasteiger partial charge < -0.3 is 5.32 Å². The van der Waals surface area contributed by atoms with Crippen molar-refractivity contribution in [2.24, 2.45) is 7.05 Å². The van der Waals surface area contributed by atoms with Crippen LogP contribution >= 0.6 is 0 Å². The number of aryl methyl sites for hydroxylation is 2. The maximum absolute atomic E-state index is 12.0. The van der Waals surface area contributed by atoms with E-state index in [0.29, 0.717) is 30.4 Å². The molecule has 0 radical (unpaired) electrons. The molecule has 1 N–H and O–H groups in total. The molecule has 0 saturated heterocycles. The number of hydrogen-bond acceptors (Lipinski definition) is 5. The second-order valence-electron chi connectivity index (χ2n) is 5.64. The van der Waals surface area contributed by atoms with E-state index in [1.54, 1.807) is 0 Å². The molecule has 0 bridgehead atoms.